The molecule has 0 saturated carbocycles. The van der Waals surface area contributed by atoms with E-state index in [0.29, 0.717) is 11.3 Å². The first kappa shape index (κ1) is 19.6. The van der Waals surface area contributed by atoms with Crippen molar-refractivity contribution >= 4 is 23.3 Å². The topological polar surface area (TPSA) is 80.3 Å². The van der Waals surface area contributed by atoms with Crippen molar-refractivity contribution in [2.45, 2.75) is 32.1 Å². The quantitative estimate of drug-likeness (QED) is 0.550. The number of hydrogen-bond acceptors (Lipinski definition) is 5. The second kappa shape index (κ2) is 9.69. The van der Waals surface area contributed by atoms with E-state index in [2.05, 4.69) is 21.7 Å². The number of nitrogens with zero attached hydrogens (tertiary/aromatic N) is 1. The number of carbonyl (C=O) groups excluding carboxylic acids is 2. The summed E-state index contributed by atoms with van der Waals surface area (Å²) in [5.74, 6) is -0.883. The van der Waals surface area contributed by atoms with E-state index in [0.717, 1.165) is 18.7 Å². The highest BCUT2D eigenvalue weighted by Crippen LogP contribution is 2.20. The molecule has 0 saturated heterocycles. The normalized spacial score (nSPS) is 13.4. The second-order valence-corrected chi connectivity index (χ2v) is 6.71. The van der Waals surface area contributed by atoms with Gasteiger partial charge in [0.1, 0.15) is 5.69 Å². The summed E-state index contributed by atoms with van der Waals surface area (Å²) in [6, 6.07) is 10.2. The SMILES string of the molecule is COC(=O)c1ccccc1NC(=O)c1ccc(NCCC2=CCCCC2)cn1. The predicted octanol–water partition coefficient (Wildman–Crippen LogP) is 4.42. The van der Waals surface area contributed by atoms with Gasteiger partial charge in [-0.2, -0.15) is 0 Å². The molecular formula is C22H25N3O3. The van der Waals surface area contributed by atoms with Gasteiger partial charge in [0.05, 0.1) is 30.2 Å². The Morgan fingerprint density at radius 3 is 2.71 bits per heavy atom. The Balaban J connectivity index is 1.57. The molecule has 3 rings (SSSR count). The molecular weight excluding hydrogens is 354 g/mol. The zero-order valence-corrected chi connectivity index (χ0v) is 16.0. The van der Waals surface area contributed by atoms with E-state index < -0.39 is 5.97 Å². The van der Waals surface area contributed by atoms with Crippen LogP contribution in [-0.4, -0.2) is 30.5 Å². The van der Waals surface area contributed by atoms with Crippen LogP contribution in [0.1, 0.15) is 53.0 Å². The summed E-state index contributed by atoms with van der Waals surface area (Å²) in [4.78, 5) is 28.5. The lowest BCUT2D eigenvalue weighted by molar-refractivity contribution is 0.0602. The molecule has 6 nitrogen and oxygen atoms in total. The number of benzene rings is 1. The third-order valence-electron chi connectivity index (χ3n) is 4.74. The summed E-state index contributed by atoms with van der Waals surface area (Å²) >= 11 is 0. The fourth-order valence-corrected chi connectivity index (χ4v) is 3.20. The minimum absolute atomic E-state index is 0.278. The average molecular weight is 379 g/mol. The number of para-hydroxylation sites is 1. The van der Waals surface area contributed by atoms with Crippen LogP contribution in [0.25, 0.3) is 0 Å². The van der Waals surface area contributed by atoms with Crippen molar-refractivity contribution in [2.75, 3.05) is 24.3 Å². The molecule has 2 aromatic rings. The highest BCUT2D eigenvalue weighted by molar-refractivity contribution is 6.07. The molecule has 28 heavy (non-hydrogen) atoms. The highest BCUT2D eigenvalue weighted by Gasteiger charge is 2.15. The molecule has 1 aromatic carbocycles. The number of amides is 1. The Labute approximate surface area is 165 Å². The van der Waals surface area contributed by atoms with E-state index in [1.165, 1.54) is 38.4 Å². The first-order valence-corrected chi connectivity index (χ1v) is 9.54. The molecule has 1 heterocycles. The monoisotopic (exact) mass is 379 g/mol. The lowest BCUT2D eigenvalue weighted by Crippen LogP contribution is -2.16. The third kappa shape index (κ3) is 5.19. The zero-order valence-electron chi connectivity index (χ0n) is 16.0. The van der Waals surface area contributed by atoms with E-state index in [1.54, 1.807) is 36.5 Å². The van der Waals surface area contributed by atoms with Crippen LogP contribution in [0.3, 0.4) is 0 Å². The maximum absolute atomic E-state index is 12.5. The van der Waals surface area contributed by atoms with Crippen molar-refractivity contribution in [2.24, 2.45) is 0 Å². The number of rotatable bonds is 7. The summed E-state index contributed by atoms with van der Waals surface area (Å²) in [5.41, 5.74) is 3.37. The summed E-state index contributed by atoms with van der Waals surface area (Å²) in [5, 5.41) is 6.06. The Morgan fingerprint density at radius 2 is 2.00 bits per heavy atom. The van der Waals surface area contributed by atoms with E-state index in [1.807, 2.05) is 6.07 Å². The number of aromatic nitrogens is 1. The fourth-order valence-electron chi connectivity index (χ4n) is 3.20. The maximum atomic E-state index is 12.5. The van der Waals surface area contributed by atoms with Crippen molar-refractivity contribution in [3.63, 3.8) is 0 Å². The second-order valence-electron chi connectivity index (χ2n) is 6.71. The Morgan fingerprint density at radius 1 is 1.14 bits per heavy atom. The van der Waals surface area contributed by atoms with Crippen LogP contribution in [-0.2, 0) is 4.74 Å². The third-order valence-corrected chi connectivity index (χ3v) is 4.74. The van der Waals surface area contributed by atoms with Gasteiger partial charge in [-0.25, -0.2) is 9.78 Å². The minimum Gasteiger partial charge on any atom is -0.465 e. The molecule has 0 aliphatic heterocycles. The largest absolute Gasteiger partial charge is 0.465 e. The predicted molar refractivity (Wildman–Crippen MR) is 110 cm³/mol. The lowest BCUT2D eigenvalue weighted by atomic mass is 9.97. The zero-order chi connectivity index (χ0) is 19.8. The van der Waals surface area contributed by atoms with Crippen LogP contribution in [0.2, 0.25) is 0 Å². The molecule has 0 fully saturated rings. The van der Waals surface area contributed by atoms with Gasteiger partial charge in [0.25, 0.3) is 5.91 Å². The maximum Gasteiger partial charge on any atom is 0.339 e. The molecule has 0 atom stereocenters. The van der Waals surface area contributed by atoms with Gasteiger partial charge in [-0.05, 0) is 56.4 Å². The molecule has 1 aromatic heterocycles. The van der Waals surface area contributed by atoms with Crippen LogP contribution < -0.4 is 10.6 Å². The molecule has 1 amide bonds. The van der Waals surface area contributed by atoms with Gasteiger partial charge in [-0.1, -0.05) is 23.8 Å². The van der Waals surface area contributed by atoms with Crippen molar-refractivity contribution < 1.29 is 14.3 Å². The summed E-state index contributed by atoms with van der Waals surface area (Å²) < 4.78 is 4.74. The Bertz CT molecular complexity index is 860. The molecule has 0 spiro atoms. The van der Waals surface area contributed by atoms with Crippen molar-refractivity contribution in [3.8, 4) is 0 Å². The van der Waals surface area contributed by atoms with Gasteiger partial charge >= 0.3 is 5.97 Å². The van der Waals surface area contributed by atoms with E-state index in [4.69, 9.17) is 4.74 Å². The van der Waals surface area contributed by atoms with E-state index >= 15 is 0 Å². The van der Waals surface area contributed by atoms with Crippen molar-refractivity contribution in [3.05, 3.63) is 65.5 Å². The number of esters is 1. The Hall–Kier alpha value is -3.15. The molecule has 2 N–H and O–H groups in total. The van der Waals surface area contributed by atoms with Crippen LogP contribution >= 0.6 is 0 Å². The summed E-state index contributed by atoms with van der Waals surface area (Å²) in [6.45, 7) is 0.853. The van der Waals surface area contributed by atoms with Gasteiger partial charge < -0.3 is 15.4 Å². The number of anilines is 2. The average Bonchev–Trinajstić information content (AvgIpc) is 2.75. The number of methoxy groups -OCH3 is 1. The molecule has 0 radical (unpaired) electrons. The number of pyridine rings is 1. The summed E-state index contributed by atoms with van der Waals surface area (Å²) in [7, 11) is 1.30. The van der Waals surface area contributed by atoms with Crippen LogP contribution in [0.5, 0.6) is 0 Å². The van der Waals surface area contributed by atoms with Gasteiger partial charge in [0, 0.05) is 6.54 Å². The van der Waals surface area contributed by atoms with E-state index in [9.17, 15) is 9.59 Å². The van der Waals surface area contributed by atoms with Crippen molar-refractivity contribution in [1.29, 1.82) is 0 Å². The molecule has 1 aliphatic rings. The molecule has 6 heteroatoms. The summed E-state index contributed by atoms with van der Waals surface area (Å²) in [6.07, 6.45) is 10.0. The van der Waals surface area contributed by atoms with Gasteiger partial charge in [0.2, 0.25) is 0 Å². The van der Waals surface area contributed by atoms with E-state index in [-0.39, 0.29) is 11.6 Å². The minimum atomic E-state index is -0.503. The van der Waals surface area contributed by atoms with Crippen molar-refractivity contribution in [1.82, 2.24) is 4.98 Å². The molecule has 0 bridgehead atoms. The first-order valence-electron chi connectivity index (χ1n) is 9.54. The smallest absolute Gasteiger partial charge is 0.339 e. The van der Waals surface area contributed by atoms with Crippen LogP contribution in [0.4, 0.5) is 11.4 Å². The van der Waals surface area contributed by atoms with Gasteiger partial charge in [-0.3, -0.25) is 4.79 Å². The number of carbonyl (C=O) groups is 2. The number of hydrogen-bond donors (Lipinski definition) is 2. The number of nitrogens with one attached hydrogen (secondary N) is 2. The molecule has 0 unspecified atom stereocenters. The Kier molecular flexibility index (Phi) is 6.78. The van der Waals surface area contributed by atoms with Crippen LogP contribution in [0.15, 0.2) is 54.2 Å². The lowest BCUT2D eigenvalue weighted by Gasteiger charge is -2.13. The fraction of sp³-hybridized carbons (Fsp3) is 0.318. The highest BCUT2D eigenvalue weighted by atomic mass is 16.5. The molecule has 1 aliphatic carbocycles. The van der Waals surface area contributed by atoms with Gasteiger partial charge in [0.15, 0.2) is 0 Å². The number of allylic oxidation sites excluding steroid dienone is 1. The van der Waals surface area contributed by atoms with Crippen LogP contribution in [0, 0.1) is 0 Å². The standard InChI is InChI=1S/C22H25N3O3/c1-28-22(27)18-9-5-6-10-19(18)25-21(26)20-12-11-17(15-24-20)23-14-13-16-7-3-2-4-8-16/h5-7,9-12,15,23H,2-4,8,13-14H2,1H3,(H,25,26). The number of ether oxygens (including phenoxy) is 1. The van der Waals surface area contributed by atoms with Gasteiger partial charge in [-0.15, -0.1) is 0 Å². The molecule has 146 valence electrons. The first-order chi connectivity index (χ1) is 13.7.